The second kappa shape index (κ2) is 3.74. The maximum absolute atomic E-state index is 11.2. The van der Waals surface area contributed by atoms with E-state index in [1.807, 2.05) is 0 Å². The molecule has 0 radical (unpaired) electrons. The van der Waals surface area contributed by atoms with Crippen LogP contribution in [0.1, 0.15) is 12.5 Å². The minimum atomic E-state index is -3.00. The van der Waals surface area contributed by atoms with Crippen LogP contribution in [-0.4, -0.2) is 19.2 Å². The average molecular weight is 200 g/mol. The van der Waals surface area contributed by atoms with Gasteiger partial charge < -0.3 is 5.73 Å². The number of sulfone groups is 1. The maximum atomic E-state index is 11.2. The van der Waals surface area contributed by atoms with Crippen LogP contribution in [0.25, 0.3) is 0 Å². The van der Waals surface area contributed by atoms with E-state index in [1.54, 1.807) is 13.0 Å². The first-order chi connectivity index (χ1) is 6.05. The number of nitrogens with two attached hydrogens (primary N) is 1. The molecule has 0 aliphatic heterocycles. The molecule has 1 aromatic heterocycles. The first-order valence-electron chi connectivity index (χ1n) is 3.94. The average Bonchev–Trinajstić information content (AvgIpc) is 2.09. The molecule has 1 aromatic rings. The van der Waals surface area contributed by atoms with Crippen LogP contribution in [0.4, 0.5) is 5.69 Å². The van der Waals surface area contributed by atoms with Crippen LogP contribution in [0.5, 0.6) is 0 Å². The molecule has 0 atom stereocenters. The van der Waals surface area contributed by atoms with E-state index in [-0.39, 0.29) is 11.5 Å². The van der Waals surface area contributed by atoms with Gasteiger partial charge in [0.1, 0.15) is 0 Å². The van der Waals surface area contributed by atoms with Crippen LogP contribution >= 0.6 is 0 Å². The molecule has 0 amide bonds. The van der Waals surface area contributed by atoms with Crippen molar-refractivity contribution in [2.24, 2.45) is 0 Å². The van der Waals surface area contributed by atoms with E-state index < -0.39 is 9.84 Å². The molecule has 0 aromatic carbocycles. The molecular formula is C8H12N2O2S. The van der Waals surface area contributed by atoms with E-state index in [9.17, 15) is 8.42 Å². The van der Waals surface area contributed by atoms with Crippen molar-refractivity contribution in [3.63, 3.8) is 0 Å². The molecule has 0 saturated heterocycles. The Morgan fingerprint density at radius 2 is 2.23 bits per heavy atom. The summed E-state index contributed by atoms with van der Waals surface area (Å²) in [5, 5.41) is 0. The third kappa shape index (κ3) is 2.69. The van der Waals surface area contributed by atoms with Gasteiger partial charge in [0.15, 0.2) is 9.84 Å². The molecule has 5 heteroatoms. The topological polar surface area (TPSA) is 73.0 Å². The number of nitrogens with zero attached hydrogens (tertiary/aromatic N) is 1. The number of hydrogen-bond acceptors (Lipinski definition) is 4. The van der Waals surface area contributed by atoms with Crippen LogP contribution in [0.2, 0.25) is 0 Å². The summed E-state index contributed by atoms with van der Waals surface area (Å²) in [6, 6.07) is 1.63. The number of nitrogen functional groups attached to an aromatic ring is 1. The fourth-order valence-electron chi connectivity index (χ4n) is 0.906. The molecule has 0 unspecified atom stereocenters. The largest absolute Gasteiger partial charge is 0.397 e. The third-order valence-corrected chi connectivity index (χ3v) is 3.39. The van der Waals surface area contributed by atoms with E-state index in [1.165, 1.54) is 12.4 Å². The minimum absolute atomic E-state index is 0.00213. The SMILES string of the molecule is CCS(=O)(=O)Cc1ccncc1N. The predicted molar refractivity (Wildman–Crippen MR) is 51.8 cm³/mol. The summed E-state index contributed by atoms with van der Waals surface area (Å²) in [4.78, 5) is 3.78. The monoisotopic (exact) mass is 200 g/mol. The van der Waals surface area contributed by atoms with Crippen LogP contribution in [0, 0.1) is 0 Å². The Kier molecular flexibility index (Phi) is 2.87. The van der Waals surface area contributed by atoms with E-state index in [0.29, 0.717) is 11.3 Å². The summed E-state index contributed by atoms with van der Waals surface area (Å²) in [6.07, 6.45) is 3.00. The normalized spacial score (nSPS) is 11.5. The van der Waals surface area contributed by atoms with Crippen molar-refractivity contribution in [1.29, 1.82) is 0 Å². The lowest BCUT2D eigenvalue weighted by atomic mass is 10.3. The minimum Gasteiger partial charge on any atom is -0.397 e. The number of anilines is 1. The molecule has 13 heavy (non-hydrogen) atoms. The van der Waals surface area contributed by atoms with Crippen molar-refractivity contribution in [2.75, 3.05) is 11.5 Å². The zero-order valence-corrected chi connectivity index (χ0v) is 8.21. The summed E-state index contributed by atoms with van der Waals surface area (Å²) in [7, 11) is -3.00. The Bertz CT molecular complexity index is 387. The van der Waals surface area contributed by atoms with E-state index in [2.05, 4.69) is 4.98 Å². The fraction of sp³-hybridized carbons (Fsp3) is 0.375. The van der Waals surface area contributed by atoms with E-state index >= 15 is 0 Å². The van der Waals surface area contributed by atoms with Crippen LogP contribution < -0.4 is 5.73 Å². The third-order valence-electron chi connectivity index (χ3n) is 1.76. The van der Waals surface area contributed by atoms with Gasteiger partial charge in [0.25, 0.3) is 0 Å². The fourth-order valence-corrected chi connectivity index (χ4v) is 1.85. The lowest BCUT2D eigenvalue weighted by Crippen LogP contribution is -2.08. The van der Waals surface area contributed by atoms with Crippen molar-refractivity contribution in [3.8, 4) is 0 Å². The van der Waals surface area contributed by atoms with Gasteiger partial charge >= 0.3 is 0 Å². The number of pyridine rings is 1. The molecule has 4 nitrogen and oxygen atoms in total. The van der Waals surface area contributed by atoms with Crippen molar-refractivity contribution in [1.82, 2.24) is 4.98 Å². The van der Waals surface area contributed by atoms with Gasteiger partial charge in [-0.2, -0.15) is 0 Å². The zero-order valence-electron chi connectivity index (χ0n) is 7.40. The molecule has 0 aliphatic carbocycles. The second-order valence-corrected chi connectivity index (χ2v) is 5.10. The highest BCUT2D eigenvalue weighted by Crippen LogP contribution is 2.12. The summed E-state index contributed by atoms with van der Waals surface area (Å²) in [5.41, 5.74) is 6.61. The predicted octanol–water partition coefficient (Wildman–Crippen LogP) is 0.599. The molecule has 0 bridgehead atoms. The van der Waals surface area contributed by atoms with Crippen molar-refractivity contribution >= 4 is 15.5 Å². The van der Waals surface area contributed by atoms with Crippen LogP contribution in [-0.2, 0) is 15.6 Å². The Labute approximate surface area is 77.7 Å². The smallest absolute Gasteiger partial charge is 0.154 e. The Morgan fingerprint density at radius 3 is 2.77 bits per heavy atom. The van der Waals surface area contributed by atoms with Crippen LogP contribution in [0.15, 0.2) is 18.5 Å². The maximum Gasteiger partial charge on any atom is 0.154 e. The molecule has 0 fully saturated rings. The number of hydrogen-bond donors (Lipinski definition) is 1. The number of aromatic nitrogens is 1. The van der Waals surface area contributed by atoms with Gasteiger partial charge in [-0.05, 0) is 11.6 Å². The molecule has 72 valence electrons. The standard InChI is InChI=1S/C8H12N2O2S/c1-2-13(11,12)6-7-3-4-10-5-8(7)9/h3-5H,2,6,9H2,1H3. The Balaban J connectivity index is 2.93. The molecule has 2 N–H and O–H groups in total. The first kappa shape index (κ1) is 9.98. The quantitative estimate of drug-likeness (QED) is 0.775. The highest BCUT2D eigenvalue weighted by atomic mass is 32.2. The van der Waals surface area contributed by atoms with Gasteiger partial charge in [-0.3, -0.25) is 4.98 Å². The van der Waals surface area contributed by atoms with Gasteiger partial charge in [-0.25, -0.2) is 8.42 Å². The first-order valence-corrected chi connectivity index (χ1v) is 5.76. The lowest BCUT2D eigenvalue weighted by Gasteiger charge is -2.03. The molecule has 0 aliphatic rings. The molecule has 1 heterocycles. The van der Waals surface area contributed by atoms with E-state index in [4.69, 9.17) is 5.73 Å². The van der Waals surface area contributed by atoms with Crippen molar-refractivity contribution < 1.29 is 8.42 Å². The van der Waals surface area contributed by atoms with Crippen molar-refractivity contribution in [3.05, 3.63) is 24.0 Å². The Hall–Kier alpha value is -1.10. The van der Waals surface area contributed by atoms with Gasteiger partial charge in [-0.1, -0.05) is 6.92 Å². The second-order valence-electron chi connectivity index (χ2n) is 2.75. The summed E-state index contributed by atoms with van der Waals surface area (Å²) < 4.78 is 22.5. The van der Waals surface area contributed by atoms with E-state index in [0.717, 1.165) is 0 Å². The summed E-state index contributed by atoms with van der Waals surface area (Å²) >= 11 is 0. The van der Waals surface area contributed by atoms with Gasteiger partial charge in [-0.15, -0.1) is 0 Å². The van der Waals surface area contributed by atoms with Crippen LogP contribution in [0.3, 0.4) is 0 Å². The molecule has 0 spiro atoms. The molecular weight excluding hydrogens is 188 g/mol. The summed E-state index contributed by atoms with van der Waals surface area (Å²) in [5.74, 6) is 0.132. The summed E-state index contributed by atoms with van der Waals surface area (Å²) in [6.45, 7) is 1.62. The lowest BCUT2D eigenvalue weighted by molar-refractivity contribution is 0.596. The van der Waals surface area contributed by atoms with Gasteiger partial charge in [0, 0.05) is 11.9 Å². The zero-order chi connectivity index (χ0) is 9.90. The van der Waals surface area contributed by atoms with Crippen molar-refractivity contribution in [2.45, 2.75) is 12.7 Å². The highest BCUT2D eigenvalue weighted by molar-refractivity contribution is 7.90. The highest BCUT2D eigenvalue weighted by Gasteiger charge is 2.10. The molecule has 0 saturated carbocycles. The molecule has 1 rings (SSSR count). The Morgan fingerprint density at radius 1 is 1.54 bits per heavy atom. The number of rotatable bonds is 3. The van der Waals surface area contributed by atoms with Gasteiger partial charge in [0.2, 0.25) is 0 Å². The van der Waals surface area contributed by atoms with Gasteiger partial charge in [0.05, 0.1) is 17.6 Å².